The second kappa shape index (κ2) is 4.69. The summed E-state index contributed by atoms with van der Waals surface area (Å²) < 4.78 is 0. The van der Waals surface area contributed by atoms with Crippen molar-refractivity contribution in [1.82, 2.24) is 30.5 Å². The van der Waals surface area contributed by atoms with Gasteiger partial charge in [-0.05, 0) is 10.4 Å². The Balaban J connectivity index is 1.93. The minimum Gasteiger partial charge on any atom is -0.365 e. The molecule has 1 aromatic carbocycles. The van der Waals surface area contributed by atoms with Gasteiger partial charge in [0.25, 0.3) is 5.95 Å². The normalized spacial score (nSPS) is 11.2. The van der Waals surface area contributed by atoms with Gasteiger partial charge >= 0.3 is 0 Å². The third-order valence-electron chi connectivity index (χ3n) is 2.51. The van der Waals surface area contributed by atoms with Crippen LogP contribution in [-0.4, -0.2) is 36.7 Å². The minimum atomic E-state index is 0.126. The highest BCUT2D eigenvalue weighted by molar-refractivity contribution is 5.88. The number of nitrogens with two attached hydrogens (primary N) is 1. The number of benzene rings is 1. The minimum absolute atomic E-state index is 0.126. The maximum Gasteiger partial charge on any atom is 0.263 e. The summed E-state index contributed by atoms with van der Waals surface area (Å²) >= 11 is 0. The fraction of sp³-hybridized carbons (Fsp3) is 0. The third-order valence-corrected chi connectivity index (χ3v) is 2.51. The van der Waals surface area contributed by atoms with Gasteiger partial charge in [-0.3, -0.25) is 5.10 Å². The zero-order valence-electron chi connectivity index (χ0n) is 9.80. The Bertz CT molecular complexity index is 696. The van der Waals surface area contributed by atoms with E-state index in [9.17, 15) is 0 Å². The van der Waals surface area contributed by atoms with Crippen molar-refractivity contribution in [2.45, 2.75) is 0 Å². The maximum absolute atomic E-state index is 5.52. The number of aromatic nitrogens is 6. The van der Waals surface area contributed by atoms with Crippen molar-refractivity contribution in [3.63, 3.8) is 0 Å². The number of hydrogen-bond donors (Lipinski definition) is 2. The molecule has 0 saturated carbocycles. The molecule has 19 heavy (non-hydrogen) atoms. The Morgan fingerprint density at radius 1 is 1.26 bits per heavy atom. The monoisotopic (exact) mass is 254 g/mol. The molecule has 3 aromatic rings. The van der Waals surface area contributed by atoms with Gasteiger partial charge in [0.05, 0.1) is 18.1 Å². The average molecular weight is 254 g/mol. The first-order chi connectivity index (χ1) is 9.34. The lowest BCUT2D eigenvalue weighted by Gasteiger charge is -1.98. The summed E-state index contributed by atoms with van der Waals surface area (Å²) in [4.78, 5) is 1.14. The summed E-state index contributed by atoms with van der Waals surface area (Å²) in [6, 6.07) is 9.83. The highest BCUT2D eigenvalue weighted by Crippen LogP contribution is 2.19. The van der Waals surface area contributed by atoms with Gasteiger partial charge in [0, 0.05) is 11.1 Å². The first-order valence-electron chi connectivity index (χ1n) is 5.51. The van der Waals surface area contributed by atoms with Crippen molar-refractivity contribution in [2.75, 3.05) is 5.73 Å². The molecule has 0 aliphatic rings. The van der Waals surface area contributed by atoms with E-state index >= 15 is 0 Å². The van der Waals surface area contributed by atoms with Gasteiger partial charge in [-0.2, -0.15) is 10.2 Å². The van der Waals surface area contributed by atoms with Crippen LogP contribution >= 0.6 is 0 Å². The predicted octanol–water partition coefficient (Wildman–Crippen LogP) is 0.528. The number of anilines is 1. The number of H-pyrrole nitrogens is 1. The SMILES string of the molecule is Nc1nnnn1N=Cc1cn[nH]c1-c1ccccc1. The van der Waals surface area contributed by atoms with E-state index in [2.05, 4.69) is 30.8 Å². The number of nitrogens with zero attached hydrogens (tertiary/aromatic N) is 6. The largest absolute Gasteiger partial charge is 0.365 e. The first-order valence-corrected chi connectivity index (χ1v) is 5.51. The number of hydrogen-bond acceptors (Lipinski definition) is 6. The molecule has 0 aliphatic heterocycles. The van der Waals surface area contributed by atoms with Crippen molar-refractivity contribution >= 4 is 12.2 Å². The molecule has 2 heterocycles. The maximum atomic E-state index is 5.52. The van der Waals surface area contributed by atoms with Crippen LogP contribution in [0, 0.1) is 0 Å². The van der Waals surface area contributed by atoms with E-state index in [0.29, 0.717) is 0 Å². The number of nitrogens with one attached hydrogen (secondary N) is 1. The zero-order valence-corrected chi connectivity index (χ0v) is 9.80. The molecule has 3 N–H and O–H groups in total. The molecular formula is C11H10N8. The highest BCUT2D eigenvalue weighted by Gasteiger charge is 2.05. The molecule has 0 bridgehead atoms. The van der Waals surface area contributed by atoms with Crippen LogP contribution in [0.5, 0.6) is 0 Å². The van der Waals surface area contributed by atoms with Gasteiger partial charge in [0.2, 0.25) is 0 Å². The number of rotatable bonds is 3. The lowest BCUT2D eigenvalue weighted by molar-refractivity contribution is 0.700. The van der Waals surface area contributed by atoms with E-state index in [1.807, 2.05) is 30.3 Å². The molecule has 0 amide bonds. The van der Waals surface area contributed by atoms with E-state index in [1.54, 1.807) is 12.4 Å². The Hall–Kier alpha value is -3.03. The van der Waals surface area contributed by atoms with E-state index < -0.39 is 0 Å². The van der Waals surface area contributed by atoms with Crippen molar-refractivity contribution in [3.05, 3.63) is 42.1 Å². The van der Waals surface area contributed by atoms with E-state index in [-0.39, 0.29) is 5.95 Å². The summed E-state index contributed by atoms with van der Waals surface area (Å²) in [5.74, 6) is 0.126. The van der Waals surface area contributed by atoms with Gasteiger partial charge in [-0.25, -0.2) is 0 Å². The van der Waals surface area contributed by atoms with Crippen LogP contribution in [-0.2, 0) is 0 Å². The highest BCUT2D eigenvalue weighted by atomic mass is 15.7. The van der Waals surface area contributed by atoms with Crippen molar-refractivity contribution < 1.29 is 0 Å². The van der Waals surface area contributed by atoms with E-state index in [1.165, 1.54) is 0 Å². The molecule has 0 atom stereocenters. The first kappa shape index (κ1) is 11.1. The summed E-state index contributed by atoms with van der Waals surface area (Å²) in [6.45, 7) is 0. The summed E-state index contributed by atoms with van der Waals surface area (Å²) in [5.41, 5.74) is 8.23. The van der Waals surface area contributed by atoms with Crippen LogP contribution in [0.15, 0.2) is 41.6 Å². The summed E-state index contributed by atoms with van der Waals surface area (Å²) in [5, 5.41) is 21.6. The molecule has 0 spiro atoms. The number of aromatic amines is 1. The Morgan fingerprint density at radius 3 is 2.84 bits per heavy atom. The molecule has 8 heteroatoms. The van der Waals surface area contributed by atoms with Crippen LogP contribution in [0.25, 0.3) is 11.3 Å². The molecule has 3 rings (SSSR count). The average Bonchev–Trinajstić information content (AvgIpc) is 3.06. The molecule has 0 aliphatic carbocycles. The van der Waals surface area contributed by atoms with Crippen LogP contribution in [0.1, 0.15) is 5.56 Å². The molecule has 94 valence electrons. The van der Waals surface area contributed by atoms with Crippen LogP contribution in [0.3, 0.4) is 0 Å². The number of tetrazole rings is 1. The lowest BCUT2D eigenvalue weighted by Crippen LogP contribution is -1.99. The Labute approximate surface area is 107 Å². The quantitative estimate of drug-likeness (QED) is 0.662. The molecule has 0 saturated heterocycles. The van der Waals surface area contributed by atoms with Gasteiger partial charge in [0.1, 0.15) is 0 Å². The standard InChI is InChI=1S/C11H10N8/c12-11-16-17-18-19(11)14-7-9-6-13-15-10(9)8-4-2-1-3-5-8/h1-7H,(H,13,15)(H2,12,16,18). The molecule has 0 unspecified atom stereocenters. The van der Waals surface area contributed by atoms with Gasteiger partial charge in [0.15, 0.2) is 0 Å². The molecular weight excluding hydrogens is 244 g/mol. The summed E-state index contributed by atoms with van der Waals surface area (Å²) in [6.07, 6.45) is 3.27. The fourth-order valence-corrected chi connectivity index (χ4v) is 1.62. The smallest absolute Gasteiger partial charge is 0.263 e. The molecule has 2 aromatic heterocycles. The van der Waals surface area contributed by atoms with E-state index in [0.717, 1.165) is 21.6 Å². The number of nitrogen functional groups attached to an aromatic ring is 1. The predicted molar refractivity (Wildman–Crippen MR) is 69.2 cm³/mol. The van der Waals surface area contributed by atoms with Gasteiger partial charge < -0.3 is 5.73 Å². The third kappa shape index (κ3) is 2.18. The Kier molecular flexibility index (Phi) is 2.73. The van der Waals surface area contributed by atoms with Crippen molar-refractivity contribution in [3.8, 4) is 11.3 Å². The van der Waals surface area contributed by atoms with Crippen molar-refractivity contribution in [2.24, 2.45) is 5.10 Å². The molecule has 8 nitrogen and oxygen atoms in total. The van der Waals surface area contributed by atoms with Crippen LogP contribution in [0.4, 0.5) is 5.95 Å². The second-order valence-corrected chi connectivity index (χ2v) is 3.74. The van der Waals surface area contributed by atoms with Gasteiger partial charge in [-0.15, -0.1) is 0 Å². The fourth-order valence-electron chi connectivity index (χ4n) is 1.62. The zero-order chi connectivity index (χ0) is 13.1. The second-order valence-electron chi connectivity index (χ2n) is 3.74. The Morgan fingerprint density at radius 2 is 2.11 bits per heavy atom. The topological polar surface area (TPSA) is 111 Å². The summed E-state index contributed by atoms with van der Waals surface area (Å²) in [7, 11) is 0. The van der Waals surface area contributed by atoms with E-state index in [4.69, 9.17) is 5.73 Å². The van der Waals surface area contributed by atoms with Crippen molar-refractivity contribution in [1.29, 1.82) is 0 Å². The van der Waals surface area contributed by atoms with Crippen LogP contribution in [0.2, 0.25) is 0 Å². The van der Waals surface area contributed by atoms with Gasteiger partial charge in [-0.1, -0.05) is 40.2 Å². The lowest BCUT2D eigenvalue weighted by atomic mass is 10.1. The molecule has 0 radical (unpaired) electrons. The molecule has 0 fully saturated rings. The van der Waals surface area contributed by atoms with Crippen LogP contribution < -0.4 is 5.73 Å².